The van der Waals surface area contributed by atoms with Gasteiger partial charge in [-0.2, -0.15) is 0 Å². The molecule has 0 spiro atoms. The van der Waals surface area contributed by atoms with E-state index in [0.717, 1.165) is 38.2 Å². The first-order valence-corrected chi connectivity index (χ1v) is 7.32. The molecule has 2 rings (SSSR count). The Morgan fingerprint density at radius 1 is 1.47 bits per heavy atom. The van der Waals surface area contributed by atoms with Gasteiger partial charge in [-0.3, -0.25) is 0 Å². The number of hydrogen-bond acceptors (Lipinski definition) is 5. The Morgan fingerprint density at radius 2 is 2.26 bits per heavy atom. The standard InChI is InChI=1S/C13H17ClN2O2S/c1-4-18-9-7-8(2)10(14)12-11(9)16-13(19-12)15-5-6-17-3/h7H,4-6H2,1-3H3,(H,15,16). The number of aromatic nitrogens is 1. The first-order chi connectivity index (χ1) is 9.17. The van der Waals surface area contributed by atoms with Crippen molar-refractivity contribution in [1.29, 1.82) is 0 Å². The Labute approximate surface area is 121 Å². The highest BCUT2D eigenvalue weighted by molar-refractivity contribution is 7.22. The number of halogens is 1. The van der Waals surface area contributed by atoms with Crippen LogP contribution in [-0.4, -0.2) is 31.9 Å². The fourth-order valence-electron chi connectivity index (χ4n) is 1.74. The van der Waals surface area contributed by atoms with Crippen LogP contribution in [0.1, 0.15) is 12.5 Å². The van der Waals surface area contributed by atoms with E-state index in [9.17, 15) is 0 Å². The van der Waals surface area contributed by atoms with E-state index in [1.54, 1.807) is 7.11 Å². The molecule has 0 saturated heterocycles. The average molecular weight is 301 g/mol. The van der Waals surface area contributed by atoms with Crippen molar-refractivity contribution in [2.75, 3.05) is 32.2 Å². The molecule has 6 heteroatoms. The van der Waals surface area contributed by atoms with Gasteiger partial charge in [0.1, 0.15) is 11.3 Å². The molecule has 19 heavy (non-hydrogen) atoms. The summed E-state index contributed by atoms with van der Waals surface area (Å²) in [4.78, 5) is 4.55. The first kappa shape index (κ1) is 14.4. The van der Waals surface area contributed by atoms with Crippen LogP contribution < -0.4 is 10.1 Å². The molecule has 1 aromatic heterocycles. The van der Waals surface area contributed by atoms with E-state index < -0.39 is 0 Å². The summed E-state index contributed by atoms with van der Waals surface area (Å²) in [6.45, 7) is 5.90. The molecule has 0 bridgehead atoms. The van der Waals surface area contributed by atoms with Crippen molar-refractivity contribution in [3.63, 3.8) is 0 Å². The lowest BCUT2D eigenvalue weighted by atomic mass is 10.2. The molecule has 0 fully saturated rings. The molecule has 0 atom stereocenters. The second-order valence-corrected chi connectivity index (χ2v) is 5.43. The second kappa shape index (κ2) is 6.41. The maximum Gasteiger partial charge on any atom is 0.184 e. The predicted molar refractivity (Wildman–Crippen MR) is 80.9 cm³/mol. The van der Waals surface area contributed by atoms with Crippen molar-refractivity contribution in [2.24, 2.45) is 0 Å². The zero-order valence-corrected chi connectivity index (χ0v) is 12.8. The number of thiazole rings is 1. The Bertz CT molecular complexity index is 571. The Morgan fingerprint density at radius 3 is 2.95 bits per heavy atom. The minimum absolute atomic E-state index is 0.611. The third-order valence-corrected chi connectivity index (χ3v) is 4.27. The summed E-state index contributed by atoms with van der Waals surface area (Å²) in [5, 5.41) is 4.80. The van der Waals surface area contributed by atoms with Crippen molar-refractivity contribution in [2.45, 2.75) is 13.8 Å². The molecule has 0 aliphatic heterocycles. The number of rotatable bonds is 6. The number of nitrogens with one attached hydrogen (secondary N) is 1. The van der Waals surface area contributed by atoms with Crippen molar-refractivity contribution in [3.05, 3.63) is 16.7 Å². The fourth-order valence-corrected chi connectivity index (χ4v) is 3.00. The van der Waals surface area contributed by atoms with Gasteiger partial charge >= 0.3 is 0 Å². The molecule has 0 radical (unpaired) electrons. The first-order valence-electron chi connectivity index (χ1n) is 6.12. The molecule has 0 aliphatic carbocycles. The van der Waals surface area contributed by atoms with Crippen molar-refractivity contribution in [3.8, 4) is 5.75 Å². The minimum Gasteiger partial charge on any atom is -0.492 e. The molecule has 0 amide bonds. The summed E-state index contributed by atoms with van der Waals surface area (Å²) in [5.74, 6) is 0.787. The molecule has 1 aromatic carbocycles. The highest BCUT2D eigenvalue weighted by atomic mass is 35.5. The fraction of sp³-hybridized carbons (Fsp3) is 0.462. The van der Waals surface area contributed by atoms with Crippen molar-refractivity contribution >= 4 is 38.3 Å². The maximum atomic E-state index is 6.34. The summed E-state index contributed by atoms with van der Waals surface area (Å²) in [5.41, 5.74) is 1.83. The molecule has 1 heterocycles. The number of aryl methyl sites for hydroxylation is 1. The SMILES string of the molecule is CCOc1cc(C)c(Cl)c2sc(NCCOC)nc12. The highest BCUT2D eigenvalue weighted by Crippen LogP contribution is 2.39. The number of nitrogens with zero attached hydrogens (tertiary/aromatic N) is 1. The van der Waals surface area contributed by atoms with Crippen molar-refractivity contribution < 1.29 is 9.47 Å². The topological polar surface area (TPSA) is 43.4 Å². The average Bonchev–Trinajstić information content (AvgIpc) is 2.81. The van der Waals surface area contributed by atoms with E-state index in [4.69, 9.17) is 21.1 Å². The molecule has 0 unspecified atom stereocenters. The normalized spacial score (nSPS) is 10.9. The number of anilines is 1. The van der Waals surface area contributed by atoms with E-state index in [2.05, 4.69) is 10.3 Å². The van der Waals surface area contributed by atoms with E-state index in [0.29, 0.717) is 13.2 Å². The van der Waals surface area contributed by atoms with Crippen LogP contribution in [0.3, 0.4) is 0 Å². The van der Waals surface area contributed by atoms with Crippen LogP contribution in [0.5, 0.6) is 5.75 Å². The van der Waals surface area contributed by atoms with Gasteiger partial charge in [-0.15, -0.1) is 0 Å². The molecular formula is C13H17ClN2O2S. The summed E-state index contributed by atoms with van der Waals surface area (Å²) < 4.78 is 11.6. The van der Waals surface area contributed by atoms with Crippen LogP contribution in [0.15, 0.2) is 6.07 Å². The smallest absolute Gasteiger partial charge is 0.184 e. The van der Waals surface area contributed by atoms with Gasteiger partial charge in [-0.05, 0) is 25.5 Å². The summed E-state index contributed by atoms with van der Waals surface area (Å²) in [6, 6.07) is 1.94. The lowest BCUT2D eigenvalue weighted by Crippen LogP contribution is -2.06. The van der Waals surface area contributed by atoms with E-state index in [-0.39, 0.29) is 0 Å². The molecule has 1 N–H and O–H groups in total. The van der Waals surface area contributed by atoms with Gasteiger partial charge in [0, 0.05) is 13.7 Å². The molecule has 104 valence electrons. The lowest BCUT2D eigenvalue weighted by molar-refractivity contribution is 0.211. The molecule has 4 nitrogen and oxygen atoms in total. The van der Waals surface area contributed by atoms with Gasteiger partial charge in [0.25, 0.3) is 0 Å². The van der Waals surface area contributed by atoms with Crippen LogP contribution in [0.4, 0.5) is 5.13 Å². The van der Waals surface area contributed by atoms with Crippen LogP contribution in [-0.2, 0) is 4.74 Å². The third kappa shape index (κ3) is 3.11. The lowest BCUT2D eigenvalue weighted by Gasteiger charge is -2.06. The van der Waals surface area contributed by atoms with E-state index in [1.165, 1.54) is 11.3 Å². The highest BCUT2D eigenvalue weighted by Gasteiger charge is 2.14. The van der Waals surface area contributed by atoms with Gasteiger partial charge in [0.05, 0.1) is 22.9 Å². The zero-order chi connectivity index (χ0) is 13.8. The monoisotopic (exact) mass is 300 g/mol. The molecule has 0 aliphatic rings. The van der Waals surface area contributed by atoms with Gasteiger partial charge in [-0.1, -0.05) is 22.9 Å². The van der Waals surface area contributed by atoms with Crippen LogP contribution in [0, 0.1) is 6.92 Å². The number of benzene rings is 1. The zero-order valence-electron chi connectivity index (χ0n) is 11.2. The molecule has 2 aromatic rings. The van der Waals surface area contributed by atoms with Gasteiger partial charge in [0.2, 0.25) is 0 Å². The number of ether oxygens (including phenoxy) is 2. The summed E-state index contributed by atoms with van der Waals surface area (Å²) in [7, 11) is 1.67. The van der Waals surface area contributed by atoms with Crippen LogP contribution >= 0.6 is 22.9 Å². The largest absolute Gasteiger partial charge is 0.492 e. The van der Waals surface area contributed by atoms with Crippen LogP contribution in [0.25, 0.3) is 10.2 Å². The second-order valence-electron chi connectivity index (χ2n) is 4.05. The number of methoxy groups -OCH3 is 1. The van der Waals surface area contributed by atoms with Crippen LogP contribution in [0.2, 0.25) is 5.02 Å². The molecular weight excluding hydrogens is 284 g/mol. The number of hydrogen-bond donors (Lipinski definition) is 1. The Hall–Kier alpha value is -1.04. The van der Waals surface area contributed by atoms with Gasteiger partial charge < -0.3 is 14.8 Å². The van der Waals surface area contributed by atoms with E-state index >= 15 is 0 Å². The van der Waals surface area contributed by atoms with Gasteiger partial charge in [-0.25, -0.2) is 4.98 Å². The summed E-state index contributed by atoms with van der Waals surface area (Å²) >= 11 is 7.87. The number of fused-ring (bicyclic) bond motifs is 1. The quantitative estimate of drug-likeness (QED) is 0.826. The Kier molecular flexibility index (Phi) is 4.85. The predicted octanol–water partition coefficient (Wildman–Crippen LogP) is 3.72. The maximum absolute atomic E-state index is 6.34. The third-order valence-electron chi connectivity index (χ3n) is 2.64. The summed E-state index contributed by atoms with van der Waals surface area (Å²) in [6.07, 6.45) is 0. The molecule has 0 saturated carbocycles. The minimum atomic E-state index is 0.611. The van der Waals surface area contributed by atoms with E-state index in [1.807, 2.05) is 19.9 Å². The van der Waals surface area contributed by atoms with Crippen molar-refractivity contribution in [1.82, 2.24) is 4.98 Å². The van der Waals surface area contributed by atoms with Gasteiger partial charge in [0.15, 0.2) is 5.13 Å². The Balaban J connectivity index is 2.38.